The van der Waals surface area contributed by atoms with Crippen molar-refractivity contribution >= 4 is 5.78 Å². The number of imidazole rings is 1. The maximum atomic E-state index is 13.5. The van der Waals surface area contributed by atoms with Crippen LogP contribution in [-0.2, 0) is 0 Å². The molecule has 2 aromatic heterocycles. The largest absolute Gasteiger partial charge is 0.322 e. The zero-order chi connectivity index (χ0) is 14.3. The summed E-state index contributed by atoms with van der Waals surface area (Å²) in [6, 6.07) is -0.495. The van der Waals surface area contributed by atoms with E-state index in [-0.39, 0.29) is 18.8 Å². The fourth-order valence-corrected chi connectivity index (χ4v) is 2.81. The maximum Gasteiger partial charge on any atom is 0.250 e. The minimum Gasteiger partial charge on any atom is -0.322 e. The van der Waals surface area contributed by atoms with E-state index in [1.165, 1.54) is 0 Å². The van der Waals surface area contributed by atoms with E-state index in [0.717, 1.165) is 5.69 Å². The molecular formula is C13H17F2N5. The lowest BCUT2D eigenvalue weighted by atomic mass is 9.81. The molecule has 1 aliphatic carbocycles. The molecule has 0 aromatic carbocycles. The van der Waals surface area contributed by atoms with E-state index in [1.54, 1.807) is 16.9 Å². The third-order valence-electron chi connectivity index (χ3n) is 3.85. The Morgan fingerprint density at radius 3 is 3.05 bits per heavy atom. The van der Waals surface area contributed by atoms with Crippen LogP contribution >= 0.6 is 0 Å². The fourth-order valence-electron chi connectivity index (χ4n) is 2.81. The van der Waals surface area contributed by atoms with E-state index >= 15 is 0 Å². The van der Waals surface area contributed by atoms with E-state index in [1.807, 2.05) is 6.92 Å². The van der Waals surface area contributed by atoms with Crippen molar-refractivity contribution in [2.24, 2.45) is 11.7 Å². The number of hydrogen-bond donors (Lipinski definition) is 1. The van der Waals surface area contributed by atoms with Crippen LogP contribution in [0.4, 0.5) is 8.78 Å². The second kappa shape index (κ2) is 4.73. The summed E-state index contributed by atoms with van der Waals surface area (Å²) >= 11 is 0. The first-order valence-corrected chi connectivity index (χ1v) is 6.77. The summed E-state index contributed by atoms with van der Waals surface area (Å²) in [6.45, 7) is 1.83. The number of aromatic nitrogens is 4. The molecule has 0 radical (unpaired) electrons. The van der Waals surface area contributed by atoms with Gasteiger partial charge in [0.05, 0.1) is 29.8 Å². The number of hydrogen-bond acceptors (Lipinski definition) is 4. The predicted molar refractivity (Wildman–Crippen MR) is 69.4 cm³/mol. The molecule has 1 aliphatic rings. The van der Waals surface area contributed by atoms with Gasteiger partial charge in [0.2, 0.25) is 5.92 Å². The highest BCUT2D eigenvalue weighted by Crippen LogP contribution is 2.41. The van der Waals surface area contributed by atoms with Crippen LogP contribution < -0.4 is 5.73 Å². The Bertz CT molecular complexity index is 624. The van der Waals surface area contributed by atoms with Gasteiger partial charge in [-0.1, -0.05) is 0 Å². The minimum absolute atomic E-state index is 0.0380. The lowest BCUT2D eigenvalue weighted by Crippen LogP contribution is -2.32. The van der Waals surface area contributed by atoms with Gasteiger partial charge in [0.1, 0.15) is 0 Å². The molecule has 0 bridgehead atoms. The number of alkyl halides is 2. The number of nitrogens with two attached hydrogens (primary N) is 1. The smallest absolute Gasteiger partial charge is 0.250 e. The normalized spacial score (nSPS) is 23.9. The quantitative estimate of drug-likeness (QED) is 0.916. The van der Waals surface area contributed by atoms with E-state index in [0.29, 0.717) is 24.3 Å². The average Bonchev–Trinajstić information content (AvgIpc) is 2.79. The molecule has 2 aromatic rings. The fraction of sp³-hybridized carbons (Fsp3) is 0.615. The second-order valence-corrected chi connectivity index (χ2v) is 5.55. The zero-order valence-electron chi connectivity index (χ0n) is 11.3. The van der Waals surface area contributed by atoms with Gasteiger partial charge >= 0.3 is 0 Å². The van der Waals surface area contributed by atoms with Crippen molar-refractivity contribution in [1.29, 1.82) is 0 Å². The number of aryl methyl sites for hydroxylation is 1. The maximum absolute atomic E-state index is 13.5. The molecule has 0 amide bonds. The highest BCUT2D eigenvalue weighted by atomic mass is 19.3. The first-order valence-electron chi connectivity index (χ1n) is 6.77. The molecule has 108 valence electrons. The van der Waals surface area contributed by atoms with Crippen molar-refractivity contribution in [1.82, 2.24) is 19.6 Å². The number of nitrogens with zero attached hydrogens (tertiary/aromatic N) is 4. The van der Waals surface area contributed by atoms with Crippen molar-refractivity contribution in [3.05, 3.63) is 23.8 Å². The standard InChI is InChI=1S/C13H17F2N5/c1-8-6-17-12-18-10(7-20(12)19-8)11(16)9-3-2-4-13(14,15)5-9/h6-7,9,11H,2-5,16H2,1H3. The zero-order valence-corrected chi connectivity index (χ0v) is 11.3. The molecular weight excluding hydrogens is 264 g/mol. The molecule has 1 fully saturated rings. The highest BCUT2D eigenvalue weighted by Gasteiger charge is 2.39. The molecule has 2 atom stereocenters. The summed E-state index contributed by atoms with van der Waals surface area (Å²) in [5.41, 5.74) is 7.47. The van der Waals surface area contributed by atoms with Crippen LogP contribution in [0, 0.1) is 12.8 Å². The first kappa shape index (κ1) is 13.4. The van der Waals surface area contributed by atoms with E-state index in [4.69, 9.17) is 5.73 Å². The molecule has 20 heavy (non-hydrogen) atoms. The summed E-state index contributed by atoms with van der Waals surface area (Å²) < 4.78 is 28.5. The molecule has 2 unspecified atom stereocenters. The van der Waals surface area contributed by atoms with Gasteiger partial charge in [-0.25, -0.2) is 23.3 Å². The molecule has 0 spiro atoms. The lowest BCUT2D eigenvalue weighted by molar-refractivity contribution is -0.0565. The molecule has 1 saturated carbocycles. The number of halogens is 2. The molecule has 0 aliphatic heterocycles. The van der Waals surface area contributed by atoms with Crippen LogP contribution in [0.2, 0.25) is 0 Å². The molecule has 5 nitrogen and oxygen atoms in total. The monoisotopic (exact) mass is 281 g/mol. The topological polar surface area (TPSA) is 69.1 Å². The Kier molecular flexibility index (Phi) is 3.16. The van der Waals surface area contributed by atoms with Crippen molar-refractivity contribution < 1.29 is 8.78 Å². The second-order valence-electron chi connectivity index (χ2n) is 5.55. The predicted octanol–water partition coefficient (Wildman–Crippen LogP) is 2.26. The van der Waals surface area contributed by atoms with Crippen molar-refractivity contribution in [2.45, 2.75) is 44.6 Å². The molecule has 2 heterocycles. The molecule has 3 rings (SSSR count). The van der Waals surface area contributed by atoms with E-state index in [9.17, 15) is 8.78 Å². The Hall–Kier alpha value is -1.63. The lowest BCUT2D eigenvalue weighted by Gasteiger charge is -2.31. The summed E-state index contributed by atoms with van der Waals surface area (Å²) in [5.74, 6) is -2.40. The van der Waals surface area contributed by atoms with Crippen molar-refractivity contribution in [3.8, 4) is 0 Å². The van der Waals surface area contributed by atoms with Crippen LogP contribution in [0.3, 0.4) is 0 Å². The number of rotatable bonds is 2. The molecule has 0 saturated heterocycles. The van der Waals surface area contributed by atoms with Gasteiger partial charge in [-0.15, -0.1) is 0 Å². The third kappa shape index (κ3) is 2.49. The Labute approximate surface area is 115 Å². The summed E-state index contributed by atoms with van der Waals surface area (Å²) in [4.78, 5) is 8.44. The Morgan fingerprint density at radius 1 is 1.50 bits per heavy atom. The van der Waals surface area contributed by atoms with Crippen LogP contribution in [0.25, 0.3) is 5.78 Å². The van der Waals surface area contributed by atoms with Gasteiger partial charge in [0.15, 0.2) is 0 Å². The van der Waals surface area contributed by atoms with Crippen molar-refractivity contribution in [2.75, 3.05) is 0 Å². The van der Waals surface area contributed by atoms with E-state index < -0.39 is 12.0 Å². The Morgan fingerprint density at radius 2 is 2.30 bits per heavy atom. The van der Waals surface area contributed by atoms with Gasteiger partial charge in [-0.2, -0.15) is 5.10 Å². The summed E-state index contributed by atoms with van der Waals surface area (Å²) in [6.07, 6.45) is 4.32. The van der Waals surface area contributed by atoms with Gasteiger partial charge < -0.3 is 5.73 Å². The minimum atomic E-state index is -2.60. The highest BCUT2D eigenvalue weighted by molar-refractivity contribution is 5.29. The summed E-state index contributed by atoms with van der Waals surface area (Å²) in [7, 11) is 0. The third-order valence-corrected chi connectivity index (χ3v) is 3.85. The Balaban J connectivity index is 1.86. The molecule has 7 heteroatoms. The first-order chi connectivity index (χ1) is 9.44. The summed E-state index contributed by atoms with van der Waals surface area (Å²) in [5, 5.41) is 4.24. The molecule has 2 N–H and O–H groups in total. The van der Waals surface area contributed by atoms with Gasteiger partial charge in [0, 0.05) is 12.8 Å². The van der Waals surface area contributed by atoms with Gasteiger partial charge in [-0.05, 0) is 25.7 Å². The SMILES string of the molecule is Cc1cnc2nc(C(N)C3CCCC(F)(F)C3)cn2n1. The van der Waals surface area contributed by atoms with Crippen LogP contribution in [0.1, 0.15) is 43.1 Å². The van der Waals surface area contributed by atoms with Gasteiger partial charge in [-0.3, -0.25) is 0 Å². The average molecular weight is 281 g/mol. The number of fused-ring (bicyclic) bond motifs is 1. The van der Waals surface area contributed by atoms with Gasteiger partial charge in [0.25, 0.3) is 5.78 Å². The van der Waals surface area contributed by atoms with Crippen molar-refractivity contribution in [3.63, 3.8) is 0 Å². The van der Waals surface area contributed by atoms with E-state index in [2.05, 4.69) is 15.1 Å². The van der Waals surface area contributed by atoms with Crippen LogP contribution in [0.15, 0.2) is 12.4 Å². The van der Waals surface area contributed by atoms with Crippen LogP contribution in [0.5, 0.6) is 0 Å². The van der Waals surface area contributed by atoms with Crippen LogP contribution in [-0.4, -0.2) is 25.5 Å².